The van der Waals surface area contributed by atoms with E-state index in [9.17, 15) is 9.59 Å². The number of nitrogens with zero attached hydrogens (tertiary/aromatic N) is 1. The van der Waals surface area contributed by atoms with E-state index >= 15 is 0 Å². The fourth-order valence-corrected chi connectivity index (χ4v) is 3.11. The molecule has 1 aliphatic rings. The highest BCUT2D eigenvalue weighted by Crippen LogP contribution is 2.40. The topological polar surface area (TPSA) is 59.3 Å². The number of halogens is 1. The molecule has 1 fully saturated rings. The third-order valence-corrected chi connectivity index (χ3v) is 4.57. The van der Waals surface area contributed by atoms with Crippen LogP contribution in [-0.4, -0.2) is 15.6 Å². The SMILES string of the molecule is Cc1c(Cl)ccc2c(=O)c(CC(=O)O)c(C)n(C3CC3)c12. The summed E-state index contributed by atoms with van der Waals surface area (Å²) in [4.78, 5) is 23.7. The third-order valence-electron chi connectivity index (χ3n) is 4.16. The molecule has 0 spiro atoms. The number of aryl methyl sites for hydroxylation is 1. The number of carboxylic acids is 1. The third kappa shape index (κ3) is 2.23. The van der Waals surface area contributed by atoms with Crippen LogP contribution in [0, 0.1) is 13.8 Å². The maximum Gasteiger partial charge on any atom is 0.308 e. The number of rotatable bonds is 3. The molecular weight excluding hydrogens is 290 g/mol. The lowest BCUT2D eigenvalue weighted by molar-refractivity contribution is -0.136. The summed E-state index contributed by atoms with van der Waals surface area (Å²) in [5.41, 5.74) is 2.66. The van der Waals surface area contributed by atoms with Crippen LogP contribution < -0.4 is 5.43 Å². The number of carbonyl (C=O) groups is 1. The van der Waals surface area contributed by atoms with E-state index in [2.05, 4.69) is 4.57 Å². The number of pyridine rings is 1. The van der Waals surface area contributed by atoms with Gasteiger partial charge in [-0.25, -0.2) is 0 Å². The molecule has 1 heterocycles. The first-order chi connectivity index (χ1) is 9.91. The van der Waals surface area contributed by atoms with Crippen LogP contribution in [0.3, 0.4) is 0 Å². The molecule has 4 nitrogen and oxygen atoms in total. The summed E-state index contributed by atoms with van der Waals surface area (Å²) >= 11 is 6.20. The Morgan fingerprint density at radius 1 is 1.38 bits per heavy atom. The minimum Gasteiger partial charge on any atom is -0.481 e. The molecule has 0 saturated heterocycles. The first-order valence-corrected chi connectivity index (χ1v) is 7.34. The van der Waals surface area contributed by atoms with Crippen LogP contribution in [-0.2, 0) is 11.2 Å². The van der Waals surface area contributed by atoms with Crippen molar-refractivity contribution < 1.29 is 9.90 Å². The molecule has 1 aromatic heterocycles. The number of fused-ring (bicyclic) bond motifs is 1. The molecule has 1 aromatic carbocycles. The van der Waals surface area contributed by atoms with Gasteiger partial charge in [0.1, 0.15) is 0 Å². The maximum atomic E-state index is 12.6. The van der Waals surface area contributed by atoms with Crippen molar-refractivity contribution in [3.63, 3.8) is 0 Å². The van der Waals surface area contributed by atoms with Crippen molar-refractivity contribution in [3.8, 4) is 0 Å². The van der Waals surface area contributed by atoms with Gasteiger partial charge in [-0.1, -0.05) is 11.6 Å². The number of aromatic nitrogens is 1. The van der Waals surface area contributed by atoms with Crippen LogP contribution >= 0.6 is 11.6 Å². The van der Waals surface area contributed by atoms with E-state index in [1.54, 1.807) is 12.1 Å². The van der Waals surface area contributed by atoms with E-state index < -0.39 is 5.97 Å². The standard InChI is InChI=1S/C16H16ClNO3/c1-8-13(17)6-5-11-15(8)18(10-3-4-10)9(2)12(16(11)21)7-14(19)20/h5-6,10H,3-4,7H2,1-2H3,(H,19,20). The molecule has 2 aromatic rings. The lowest BCUT2D eigenvalue weighted by atomic mass is 10.0. The van der Waals surface area contributed by atoms with Gasteiger partial charge in [0, 0.05) is 27.7 Å². The number of hydrogen-bond donors (Lipinski definition) is 1. The Balaban J connectivity index is 2.45. The second kappa shape index (κ2) is 4.88. The Morgan fingerprint density at radius 3 is 2.62 bits per heavy atom. The van der Waals surface area contributed by atoms with Crippen LogP contribution in [0.25, 0.3) is 10.9 Å². The molecule has 0 unspecified atom stereocenters. The molecule has 1 aliphatic carbocycles. The molecular formula is C16H16ClNO3. The lowest BCUT2D eigenvalue weighted by Gasteiger charge is -2.19. The van der Waals surface area contributed by atoms with Crippen LogP contribution in [0.1, 0.15) is 35.7 Å². The van der Waals surface area contributed by atoms with E-state index in [1.807, 2.05) is 13.8 Å². The van der Waals surface area contributed by atoms with Gasteiger partial charge in [-0.3, -0.25) is 9.59 Å². The molecule has 3 rings (SSSR count). The number of carboxylic acid groups (broad SMARTS) is 1. The summed E-state index contributed by atoms with van der Waals surface area (Å²) in [5, 5.41) is 10.2. The fourth-order valence-electron chi connectivity index (χ4n) is 2.96. The molecule has 1 saturated carbocycles. The average molecular weight is 306 g/mol. The summed E-state index contributed by atoms with van der Waals surface area (Å²) in [7, 11) is 0. The predicted molar refractivity (Wildman–Crippen MR) is 82.3 cm³/mol. The highest BCUT2D eigenvalue weighted by molar-refractivity contribution is 6.32. The molecule has 21 heavy (non-hydrogen) atoms. The smallest absolute Gasteiger partial charge is 0.308 e. The summed E-state index contributed by atoms with van der Waals surface area (Å²) in [6.45, 7) is 3.73. The summed E-state index contributed by atoms with van der Waals surface area (Å²) in [6.07, 6.45) is 1.86. The lowest BCUT2D eigenvalue weighted by Crippen LogP contribution is -2.21. The second-order valence-corrected chi connectivity index (χ2v) is 6.04. The highest BCUT2D eigenvalue weighted by Gasteiger charge is 2.29. The molecule has 5 heteroatoms. The van der Waals surface area contributed by atoms with Crippen LogP contribution in [0.2, 0.25) is 5.02 Å². The molecule has 0 radical (unpaired) electrons. The van der Waals surface area contributed by atoms with E-state index in [4.69, 9.17) is 16.7 Å². The van der Waals surface area contributed by atoms with Crippen molar-refractivity contribution in [2.24, 2.45) is 0 Å². The van der Waals surface area contributed by atoms with Crippen molar-refractivity contribution in [3.05, 3.63) is 44.2 Å². The Kier molecular flexibility index (Phi) is 3.29. The minimum absolute atomic E-state index is 0.193. The zero-order valence-electron chi connectivity index (χ0n) is 11.9. The van der Waals surface area contributed by atoms with E-state index in [-0.39, 0.29) is 11.8 Å². The van der Waals surface area contributed by atoms with Crippen LogP contribution in [0.4, 0.5) is 0 Å². The largest absolute Gasteiger partial charge is 0.481 e. The van der Waals surface area contributed by atoms with Gasteiger partial charge in [-0.2, -0.15) is 0 Å². The highest BCUT2D eigenvalue weighted by atomic mass is 35.5. The molecule has 0 amide bonds. The average Bonchev–Trinajstić information content (AvgIpc) is 3.23. The van der Waals surface area contributed by atoms with Gasteiger partial charge in [0.25, 0.3) is 0 Å². The van der Waals surface area contributed by atoms with Gasteiger partial charge >= 0.3 is 5.97 Å². The monoisotopic (exact) mass is 305 g/mol. The number of aliphatic carboxylic acids is 1. The maximum absolute atomic E-state index is 12.6. The van der Waals surface area contributed by atoms with Gasteiger partial charge in [-0.05, 0) is 44.4 Å². The first kappa shape index (κ1) is 14.1. The zero-order valence-corrected chi connectivity index (χ0v) is 12.7. The van der Waals surface area contributed by atoms with Gasteiger partial charge in [-0.15, -0.1) is 0 Å². The van der Waals surface area contributed by atoms with Gasteiger partial charge in [0.2, 0.25) is 0 Å². The number of hydrogen-bond acceptors (Lipinski definition) is 2. The quantitative estimate of drug-likeness (QED) is 0.947. The normalized spacial score (nSPS) is 14.6. The van der Waals surface area contributed by atoms with Crippen molar-refractivity contribution in [1.29, 1.82) is 0 Å². The van der Waals surface area contributed by atoms with E-state index in [1.165, 1.54) is 0 Å². The number of benzene rings is 1. The Morgan fingerprint density at radius 2 is 2.05 bits per heavy atom. The zero-order chi connectivity index (χ0) is 15.3. The van der Waals surface area contributed by atoms with Crippen LogP contribution in [0.5, 0.6) is 0 Å². The summed E-state index contributed by atoms with van der Waals surface area (Å²) in [6, 6.07) is 3.76. The van der Waals surface area contributed by atoms with E-state index in [0.717, 1.165) is 29.6 Å². The van der Waals surface area contributed by atoms with Crippen molar-refractivity contribution in [1.82, 2.24) is 4.57 Å². The molecule has 110 valence electrons. The van der Waals surface area contributed by atoms with Crippen LogP contribution in [0.15, 0.2) is 16.9 Å². The minimum atomic E-state index is -0.984. The van der Waals surface area contributed by atoms with Gasteiger partial charge in [0.15, 0.2) is 5.43 Å². The molecule has 0 atom stereocenters. The molecule has 1 N–H and O–H groups in total. The Hall–Kier alpha value is -1.81. The second-order valence-electron chi connectivity index (χ2n) is 5.63. The predicted octanol–water partition coefficient (Wildman–Crippen LogP) is 3.23. The van der Waals surface area contributed by atoms with Gasteiger partial charge < -0.3 is 9.67 Å². The summed E-state index contributed by atoms with van der Waals surface area (Å²) in [5.74, 6) is -0.984. The van der Waals surface area contributed by atoms with E-state index in [0.29, 0.717) is 22.0 Å². The van der Waals surface area contributed by atoms with Crippen molar-refractivity contribution in [2.75, 3.05) is 0 Å². The van der Waals surface area contributed by atoms with Crippen molar-refractivity contribution in [2.45, 2.75) is 39.2 Å². The van der Waals surface area contributed by atoms with Crippen molar-refractivity contribution >= 4 is 28.5 Å². The fraction of sp³-hybridized carbons (Fsp3) is 0.375. The Bertz CT molecular complexity index is 819. The molecule has 0 bridgehead atoms. The van der Waals surface area contributed by atoms with Gasteiger partial charge in [0.05, 0.1) is 11.9 Å². The Labute approximate surface area is 127 Å². The molecule has 0 aliphatic heterocycles. The first-order valence-electron chi connectivity index (χ1n) is 6.96. The summed E-state index contributed by atoms with van der Waals surface area (Å²) < 4.78 is 2.11.